The average molecular weight is 295 g/mol. The predicted octanol–water partition coefficient (Wildman–Crippen LogP) is 2.99. The molecule has 0 bridgehead atoms. The van der Waals surface area contributed by atoms with Gasteiger partial charge in [-0.25, -0.2) is 9.97 Å². The molecule has 0 radical (unpaired) electrons. The van der Waals surface area contributed by atoms with E-state index in [0.29, 0.717) is 0 Å². The molecule has 0 unspecified atom stereocenters. The maximum absolute atomic E-state index is 4.69. The average Bonchev–Trinajstić information content (AvgIpc) is 3.05. The number of hydrogen-bond donors (Lipinski definition) is 2. The quantitative estimate of drug-likeness (QED) is 0.686. The van der Waals surface area contributed by atoms with E-state index in [1.807, 2.05) is 36.5 Å². The van der Waals surface area contributed by atoms with Gasteiger partial charge in [0.25, 0.3) is 0 Å². The van der Waals surface area contributed by atoms with Crippen LogP contribution in [0.1, 0.15) is 6.42 Å². The summed E-state index contributed by atoms with van der Waals surface area (Å²) in [5.74, 6) is 1.62. The van der Waals surface area contributed by atoms with Crippen molar-refractivity contribution in [1.29, 1.82) is 0 Å². The monoisotopic (exact) mass is 295 g/mol. The lowest BCUT2D eigenvalue weighted by atomic mass is 10.2. The van der Waals surface area contributed by atoms with Gasteiger partial charge in [-0.05, 0) is 51.3 Å². The molecule has 3 rings (SSSR count). The summed E-state index contributed by atoms with van der Waals surface area (Å²) in [5.41, 5.74) is 1.89. The summed E-state index contributed by atoms with van der Waals surface area (Å²) in [7, 11) is 4.17. The van der Waals surface area contributed by atoms with Gasteiger partial charge < -0.3 is 15.2 Å². The zero-order valence-corrected chi connectivity index (χ0v) is 13.0. The van der Waals surface area contributed by atoms with Gasteiger partial charge in [0, 0.05) is 18.1 Å². The Balaban J connectivity index is 1.89. The van der Waals surface area contributed by atoms with Gasteiger partial charge in [0.05, 0.1) is 11.2 Å². The number of fused-ring (bicyclic) bond motifs is 1. The summed E-state index contributed by atoms with van der Waals surface area (Å²) in [6.45, 7) is 1.95. The third-order valence-corrected chi connectivity index (χ3v) is 3.52. The van der Waals surface area contributed by atoms with Crippen LogP contribution >= 0.6 is 0 Å². The first kappa shape index (κ1) is 14.5. The Hall–Kier alpha value is -2.40. The second-order valence-corrected chi connectivity index (χ2v) is 5.58. The fraction of sp³-hybridized carbons (Fsp3) is 0.294. The van der Waals surface area contributed by atoms with E-state index >= 15 is 0 Å². The maximum Gasteiger partial charge on any atom is 0.178 e. The maximum atomic E-state index is 4.69. The number of para-hydroxylation sites is 1. The largest absolute Gasteiger partial charge is 0.369 e. The predicted molar refractivity (Wildman–Crippen MR) is 91.0 cm³/mol. The molecular weight excluding hydrogens is 274 g/mol. The van der Waals surface area contributed by atoms with Crippen LogP contribution in [0.15, 0.2) is 42.6 Å². The number of nitrogens with zero attached hydrogens (tertiary/aromatic N) is 3. The molecule has 0 aliphatic carbocycles. The highest BCUT2D eigenvalue weighted by Gasteiger charge is 2.09. The van der Waals surface area contributed by atoms with E-state index in [4.69, 9.17) is 4.98 Å². The van der Waals surface area contributed by atoms with Gasteiger partial charge in [0.1, 0.15) is 5.82 Å². The minimum Gasteiger partial charge on any atom is -0.369 e. The Labute approximate surface area is 130 Å². The van der Waals surface area contributed by atoms with Crippen molar-refractivity contribution in [3.63, 3.8) is 0 Å². The number of hydrogen-bond acceptors (Lipinski definition) is 4. The summed E-state index contributed by atoms with van der Waals surface area (Å²) >= 11 is 0. The first-order chi connectivity index (χ1) is 10.7. The molecule has 3 aromatic rings. The van der Waals surface area contributed by atoms with Crippen LogP contribution in [0.2, 0.25) is 0 Å². The highest BCUT2D eigenvalue weighted by Crippen LogP contribution is 2.23. The number of benzene rings is 1. The van der Waals surface area contributed by atoms with E-state index in [1.54, 1.807) is 0 Å². The van der Waals surface area contributed by atoms with Gasteiger partial charge in [0.15, 0.2) is 5.82 Å². The lowest BCUT2D eigenvalue weighted by Gasteiger charge is -2.12. The minimum absolute atomic E-state index is 0.721. The molecule has 0 spiro atoms. The van der Waals surface area contributed by atoms with Crippen molar-refractivity contribution in [2.75, 3.05) is 32.5 Å². The van der Waals surface area contributed by atoms with Crippen LogP contribution in [-0.2, 0) is 0 Å². The molecule has 114 valence electrons. The smallest absolute Gasteiger partial charge is 0.178 e. The van der Waals surface area contributed by atoms with Gasteiger partial charge >= 0.3 is 0 Å². The Morgan fingerprint density at radius 1 is 1.09 bits per heavy atom. The van der Waals surface area contributed by atoms with E-state index in [1.165, 1.54) is 0 Å². The number of anilines is 1. The van der Waals surface area contributed by atoms with E-state index in [-0.39, 0.29) is 0 Å². The molecular formula is C17H21N5. The molecule has 0 fully saturated rings. The van der Waals surface area contributed by atoms with Gasteiger partial charge in [0.2, 0.25) is 0 Å². The van der Waals surface area contributed by atoms with Crippen LogP contribution in [0.4, 0.5) is 5.82 Å². The fourth-order valence-corrected chi connectivity index (χ4v) is 2.40. The number of H-pyrrole nitrogens is 1. The van der Waals surface area contributed by atoms with Crippen molar-refractivity contribution in [2.45, 2.75) is 6.42 Å². The Bertz CT molecular complexity index is 734. The van der Waals surface area contributed by atoms with Crippen LogP contribution in [-0.4, -0.2) is 47.0 Å². The molecule has 0 aliphatic heterocycles. The Morgan fingerprint density at radius 2 is 1.95 bits per heavy atom. The first-order valence-corrected chi connectivity index (χ1v) is 7.53. The first-order valence-electron chi connectivity index (χ1n) is 7.53. The molecule has 2 heterocycles. The van der Waals surface area contributed by atoms with E-state index in [9.17, 15) is 0 Å². The highest BCUT2D eigenvalue weighted by molar-refractivity contribution is 5.90. The standard InChI is InChI=1S/C17H21N5/c1-22(2)12-6-11-19-16-13-7-3-4-8-14(13)20-17(21-16)15-9-5-10-18-15/h3-5,7-10,18H,6,11-12H2,1-2H3,(H,19,20,21). The molecule has 0 saturated heterocycles. The number of nitrogens with one attached hydrogen (secondary N) is 2. The van der Waals surface area contributed by atoms with E-state index < -0.39 is 0 Å². The van der Waals surface area contributed by atoms with Crippen LogP contribution < -0.4 is 5.32 Å². The molecule has 0 amide bonds. The Kier molecular flexibility index (Phi) is 4.34. The number of rotatable bonds is 6. The van der Waals surface area contributed by atoms with Crippen LogP contribution in [0.25, 0.3) is 22.4 Å². The zero-order valence-electron chi connectivity index (χ0n) is 13.0. The second kappa shape index (κ2) is 6.58. The summed E-state index contributed by atoms with van der Waals surface area (Å²) in [5, 5.41) is 4.51. The SMILES string of the molecule is CN(C)CCCNc1nc(-c2ccc[nH]2)nc2ccccc12. The topological polar surface area (TPSA) is 56.8 Å². The van der Waals surface area contributed by atoms with Crippen LogP contribution in [0.3, 0.4) is 0 Å². The molecule has 22 heavy (non-hydrogen) atoms. The third-order valence-electron chi connectivity index (χ3n) is 3.52. The number of aromatic nitrogens is 3. The molecule has 0 aliphatic rings. The normalized spacial score (nSPS) is 11.2. The van der Waals surface area contributed by atoms with Crippen LogP contribution in [0.5, 0.6) is 0 Å². The van der Waals surface area contributed by atoms with Gasteiger partial charge in [-0.2, -0.15) is 0 Å². The lowest BCUT2D eigenvalue weighted by Crippen LogP contribution is -2.16. The minimum atomic E-state index is 0.721. The third kappa shape index (κ3) is 3.26. The van der Waals surface area contributed by atoms with Gasteiger partial charge in [-0.15, -0.1) is 0 Å². The molecule has 0 atom stereocenters. The molecule has 1 aromatic carbocycles. The zero-order chi connectivity index (χ0) is 15.4. The van der Waals surface area contributed by atoms with Crippen molar-refractivity contribution in [1.82, 2.24) is 19.9 Å². The lowest BCUT2D eigenvalue weighted by molar-refractivity contribution is 0.405. The fourth-order valence-electron chi connectivity index (χ4n) is 2.40. The van der Waals surface area contributed by atoms with Gasteiger partial charge in [-0.3, -0.25) is 0 Å². The molecule has 5 heteroatoms. The van der Waals surface area contributed by atoms with Crippen molar-refractivity contribution in [2.24, 2.45) is 0 Å². The molecule has 5 nitrogen and oxygen atoms in total. The molecule has 2 N–H and O–H groups in total. The van der Waals surface area contributed by atoms with Crippen LogP contribution in [0, 0.1) is 0 Å². The summed E-state index contributed by atoms with van der Waals surface area (Å²) < 4.78 is 0. The highest BCUT2D eigenvalue weighted by atomic mass is 15.1. The van der Waals surface area contributed by atoms with Crippen molar-refractivity contribution in [3.05, 3.63) is 42.6 Å². The van der Waals surface area contributed by atoms with Crippen molar-refractivity contribution < 1.29 is 0 Å². The Morgan fingerprint density at radius 3 is 2.73 bits per heavy atom. The van der Waals surface area contributed by atoms with Crippen molar-refractivity contribution >= 4 is 16.7 Å². The van der Waals surface area contributed by atoms with E-state index in [2.05, 4.69) is 40.3 Å². The van der Waals surface area contributed by atoms with Crippen molar-refractivity contribution in [3.8, 4) is 11.5 Å². The van der Waals surface area contributed by atoms with Gasteiger partial charge in [-0.1, -0.05) is 12.1 Å². The summed E-state index contributed by atoms with van der Waals surface area (Å²) in [4.78, 5) is 14.7. The molecule has 0 saturated carbocycles. The van der Waals surface area contributed by atoms with E-state index in [0.717, 1.165) is 47.7 Å². The summed E-state index contributed by atoms with van der Waals surface area (Å²) in [6, 6.07) is 12.0. The second-order valence-electron chi connectivity index (χ2n) is 5.58. The summed E-state index contributed by atoms with van der Waals surface area (Å²) in [6.07, 6.45) is 2.96. The number of aromatic amines is 1. The molecule has 2 aromatic heterocycles.